The van der Waals surface area contributed by atoms with E-state index < -0.39 is 16.9 Å². The van der Waals surface area contributed by atoms with Gasteiger partial charge in [0.2, 0.25) is 11.8 Å². The van der Waals surface area contributed by atoms with Gasteiger partial charge in [-0.15, -0.1) is 0 Å². The van der Waals surface area contributed by atoms with Gasteiger partial charge >= 0.3 is 0 Å². The predicted molar refractivity (Wildman–Crippen MR) is 116 cm³/mol. The van der Waals surface area contributed by atoms with Gasteiger partial charge in [-0.3, -0.25) is 14.4 Å². The van der Waals surface area contributed by atoms with E-state index in [-0.39, 0.29) is 36.2 Å². The van der Waals surface area contributed by atoms with E-state index in [9.17, 15) is 14.4 Å². The number of hydrogen-bond acceptors (Lipinski definition) is 4. The van der Waals surface area contributed by atoms with Crippen LogP contribution in [0.25, 0.3) is 0 Å². The van der Waals surface area contributed by atoms with Crippen LogP contribution in [-0.2, 0) is 14.4 Å². The van der Waals surface area contributed by atoms with Gasteiger partial charge < -0.3 is 21.1 Å². The molecule has 0 saturated heterocycles. The molecule has 5 atom stereocenters. The van der Waals surface area contributed by atoms with E-state index in [1.54, 1.807) is 38.1 Å². The molecule has 31 heavy (non-hydrogen) atoms. The third-order valence-electron chi connectivity index (χ3n) is 7.21. The summed E-state index contributed by atoms with van der Waals surface area (Å²) in [5, 5.41) is 6.57. The number of hydrogen-bond donors (Lipinski definition) is 3. The van der Waals surface area contributed by atoms with Crippen molar-refractivity contribution in [2.45, 2.75) is 57.6 Å². The van der Waals surface area contributed by atoms with Gasteiger partial charge in [0.1, 0.15) is 5.75 Å². The van der Waals surface area contributed by atoms with Crippen molar-refractivity contribution in [2.75, 3.05) is 6.54 Å². The lowest BCUT2D eigenvalue weighted by molar-refractivity contribution is -0.153. The molecular formula is C23H30ClN3O4. The molecular weight excluding hydrogens is 418 g/mol. The number of primary amides is 1. The van der Waals surface area contributed by atoms with Crippen LogP contribution in [0.15, 0.2) is 24.3 Å². The maximum Gasteiger partial charge on any atom is 0.263 e. The lowest BCUT2D eigenvalue weighted by atomic mass is 9.47. The van der Waals surface area contributed by atoms with Gasteiger partial charge in [-0.05, 0) is 88.0 Å². The van der Waals surface area contributed by atoms with Crippen molar-refractivity contribution >= 4 is 29.3 Å². The second-order valence-corrected chi connectivity index (χ2v) is 10.4. The van der Waals surface area contributed by atoms with E-state index in [1.165, 1.54) is 0 Å². The molecule has 1 aromatic rings. The first kappa shape index (κ1) is 21.9. The molecule has 0 aromatic heterocycles. The Morgan fingerprint density at radius 2 is 1.74 bits per heavy atom. The van der Waals surface area contributed by atoms with E-state index >= 15 is 0 Å². The molecule has 4 saturated carbocycles. The highest BCUT2D eigenvalue weighted by Gasteiger charge is 2.59. The van der Waals surface area contributed by atoms with Crippen LogP contribution in [0, 0.1) is 23.2 Å². The summed E-state index contributed by atoms with van der Waals surface area (Å²) in [7, 11) is 0. The Labute approximate surface area is 187 Å². The van der Waals surface area contributed by atoms with Crippen LogP contribution < -0.4 is 21.1 Å². The maximum absolute atomic E-state index is 13.1. The van der Waals surface area contributed by atoms with Crippen LogP contribution in [0.1, 0.15) is 46.0 Å². The fourth-order valence-electron chi connectivity index (χ4n) is 6.06. The van der Waals surface area contributed by atoms with Gasteiger partial charge in [0.05, 0.1) is 12.0 Å². The van der Waals surface area contributed by atoms with Crippen LogP contribution in [0.3, 0.4) is 0 Å². The molecule has 4 aliphatic rings. The predicted octanol–water partition coefficient (Wildman–Crippen LogP) is 2.41. The lowest BCUT2D eigenvalue weighted by Gasteiger charge is -2.59. The minimum atomic E-state index is -1.04. The normalized spacial score (nSPS) is 31.2. The van der Waals surface area contributed by atoms with Gasteiger partial charge in [0.15, 0.2) is 5.60 Å². The molecule has 4 fully saturated rings. The molecule has 5 rings (SSSR count). The third-order valence-corrected chi connectivity index (χ3v) is 7.46. The Hall–Kier alpha value is -2.28. The number of rotatable bonds is 7. The van der Waals surface area contributed by atoms with E-state index in [0.29, 0.717) is 16.7 Å². The SMILES string of the molecule is CC(C)(Oc1ccc(Cl)cc1)C(=O)NC1C2CC3C[C@@H]1CC(C(=O)NCC(N)=O)(C3)C2. The van der Waals surface area contributed by atoms with Crippen molar-refractivity contribution in [1.29, 1.82) is 0 Å². The average Bonchev–Trinajstić information content (AvgIpc) is 2.69. The van der Waals surface area contributed by atoms with Gasteiger partial charge in [-0.25, -0.2) is 0 Å². The number of amides is 3. The van der Waals surface area contributed by atoms with Crippen molar-refractivity contribution < 1.29 is 19.1 Å². The molecule has 4 aliphatic carbocycles. The van der Waals surface area contributed by atoms with E-state index in [1.807, 2.05) is 0 Å². The second kappa shape index (κ2) is 8.01. The molecule has 0 aliphatic heterocycles. The molecule has 3 amide bonds. The summed E-state index contributed by atoms with van der Waals surface area (Å²) < 4.78 is 5.95. The fourth-order valence-corrected chi connectivity index (χ4v) is 6.19. The van der Waals surface area contributed by atoms with Crippen molar-refractivity contribution in [3.05, 3.63) is 29.3 Å². The van der Waals surface area contributed by atoms with Gasteiger partial charge in [-0.2, -0.15) is 0 Å². The first-order chi connectivity index (χ1) is 14.6. The van der Waals surface area contributed by atoms with Crippen LogP contribution in [-0.4, -0.2) is 35.9 Å². The second-order valence-electron chi connectivity index (χ2n) is 9.96. The van der Waals surface area contributed by atoms with Crippen LogP contribution in [0.4, 0.5) is 0 Å². The Morgan fingerprint density at radius 1 is 1.13 bits per heavy atom. The number of nitrogens with one attached hydrogen (secondary N) is 2. The Morgan fingerprint density at radius 3 is 2.32 bits per heavy atom. The zero-order valence-corrected chi connectivity index (χ0v) is 18.7. The first-order valence-electron chi connectivity index (χ1n) is 10.9. The van der Waals surface area contributed by atoms with Crippen LogP contribution >= 0.6 is 11.6 Å². The smallest absolute Gasteiger partial charge is 0.263 e. The van der Waals surface area contributed by atoms with Crippen molar-refractivity contribution in [2.24, 2.45) is 28.9 Å². The highest BCUT2D eigenvalue weighted by molar-refractivity contribution is 6.30. The summed E-state index contributed by atoms with van der Waals surface area (Å²) >= 11 is 5.93. The third kappa shape index (κ3) is 4.38. The van der Waals surface area contributed by atoms with Crippen molar-refractivity contribution in [1.82, 2.24) is 10.6 Å². The topological polar surface area (TPSA) is 111 Å². The molecule has 4 bridgehead atoms. The van der Waals surface area contributed by atoms with Crippen molar-refractivity contribution in [3.63, 3.8) is 0 Å². The molecule has 168 valence electrons. The summed E-state index contributed by atoms with van der Waals surface area (Å²) in [5.41, 5.74) is 3.71. The number of nitrogens with two attached hydrogens (primary N) is 1. The minimum absolute atomic E-state index is 0.0363. The minimum Gasteiger partial charge on any atom is -0.478 e. The highest BCUT2D eigenvalue weighted by atomic mass is 35.5. The maximum atomic E-state index is 13.1. The summed E-state index contributed by atoms with van der Waals surface area (Å²) in [6, 6.07) is 6.98. The van der Waals surface area contributed by atoms with E-state index in [0.717, 1.165) is 32.1 Å². The Bertz CT molecular complexity index is 869. The standard InChI is InChI=1S/C23H30ClN3O4/c1-22(2,31-17-5-3-16(24)4-6-17)20(29)27-19-14-7-13-8-15(19)11-23(9-13,10-14)21(30)26-12-18(25)28/h3-6,13-15,19H,7-12H2,1-2H3,(H2,25,28)(H,26,30)(H,27,29)/t13?,14-,15?,19?,23?/m1/s1. The Kier molecular flexibility index (Phi) is 5.66. The number of halogens is 1. The molecule has 0 heterocycles. The number of ether oxygens (including phenoxy) is 1. The van der Waals surface area contributed by atoms with E-state index in [4.69, 9.17) is 22.1 Å². The summed E-state index contributed by atoms with van der Waals surface area (Å²) in [6.07, 6.45) is 4.36. The van der Waals surface area contributed by atoms with Crippen LogP contribution in [0.2, 0.25) is 5.02 Å². The monoisotopic (exact) mass is 447 g/mol. The molecule has 0 spiro atoms. The highest BCUT2D eigenvalue weighted by Crippen LogP contribution is 2.60. The van der Waals surface area contributed by atoms with Crippen LogP contribution in [0.5, 0.6) is 5.75 Å². The first-order valence-corrected chi connectivity index (χ1v) is 11.3. The fraction of sp³-hybridized carbons (Fsp3) is 0.609. The lowest BCUT2D eigenvalue weighted by Crippen LogP contribution is -2.64. The van der Waals surface area contributed by atoms with Crippen molar-refractivity contribution in [3.8, 4) is 5.75 Å². The van der Waals surface area contributed by atoms with Gasteiger partial charge in [0.25, 0.3) is 5.91 Å². The number of carbonyl (C=O) groups excluding carboxylic acids is 3. The molecule has 1 aromatic carbocycles. The summed E-state index contributed by atoms with van der Waals surface area (Å²) in [4.78, 5) is 37.1. The number of benzene rings is 1. The van der Waals surface area contributed by atoms with E-state index in [2.05, 4.69) is 10.6 Å². The zero-order valence-electron chi connectivity index (χ0n) is 17.9. The largest absolute Gasteiger partial charge is 0.478 e. The number of carbonyl (C=O) groups is 3. The average molecular weight is 448 g/mol. The summed E-state index contributed by atoms with van der Waals surface area (Å²) in [5.74, 6) is 0.810. The summed E-state index contributed by atoms with van der Waals surface area (Å²) in [6.45, 7) is 3.38. The zero-order chi connectivity index (χ0) is 22.4. The van der Waals surface area contributed by atoms with Gasteiger partial charge in [-0.1, -0.05) is 11.6 Å². The quantitative estimate of drug-likeness (QED) is 0.596. The van der Waals surface area contributed by atoms with Gasteiger partial charge in [0, 0.05) is 11.1 Å². The Balaban J connectivity index is 1.42. The molecule has 8 heteroatoms. The molecule has 0 radical (unpaired) electrons. The molecule has 4 N–H and O–H groups in total. The molecule has 4 unspecified atom stereocenters. The molecule has 7 nitrogen and oxygen atoms in total.